The van der Waals surface area contributed by atoms with Crippen LogP contribution in [0.2, 0.25) is 0 Å². The van der Waals surface area contributed by atoms with Crippen molar-refractivity contribution in [3.05, 3.63) is 24.0 Å². The van der Waals surface area contributed by atoms with Crippen molar-refractivity contribution < 1.29 is 12.8 Å². The third-order valence-corrected chi connectivity index (χ3v) is 5.02. The van der Waals surface area contributed by atoms with Gasteiger partial charge in [-0.3, -0.25) is 0 Å². The summed E-state index contributed by atoms with van der Waals surface area (Å²) >= 11 is 1.61. The molecule has 0 saturated carbocycles. The highest BCUT2D eigenvalue weighted by Crippen LogP contribution is 2.21. The Labute approximate surface area is 111 Å². The Morgan fingerprint density at radius 2 is 2.17 bits per heavy atom. The molecule has 1 rings (SSSR count). The largest absolute Gasteiger partial charge is 0.398 e. The summed E-state index contributed by atoms with van der Waals surface area (Å²) in [5.41, 5.74) is 5.43. The zero-order chi connectivity index (χ0) is 13.8. The van der Waals surface area contributed by atoms with Gasteiger partial charge in [-0.1, -0.05) is 13.0 Å². The van der Waals surface area contributed by atoms with Gasteiger partial charge in [0.05, 0.1) is 5.69 Å². The summed E-state index contributed by atoms with van der Waals surface area (Å²) in [4.78, 5) is -0.474. The molecule has 0 saturated heterocycles. The van der Waals surface area contributed by atoms with Gasteiger partial charge >= 0.3 is 0 Å². The topological polar surface area (TPSA) is 72.2 Å². The van der Waals surface area contributed by atoms with E-state index in [1.165, 1.54) is 12.1 Å². The molecule has 0 bridgehead atoms. The van der Waals surface area contributed by atoms with Gasteiger partial charge in [-0.05, 0) is 24.8 Å². The molecule has 0 radical (unpaired) electrons. The van der Waals surface area contributed by atoms with Gasteiger partial charge in [0.2, 0.25) is 10.0 Å². The summed E-state index contributed by atoms with van der Waals surface area (Å²) < 4.78 is 40.0. The van der Waals surface area contributed by atoms with E-state index in [2.05, 4.69) is 4.72 Å². The van der Waals surface area contributed by atoms with Crippen LogP contribution >= 0.6 is 11.8 Å². The summed E-state index contributed by atoms with van der Waals surface area (Å²) in [6.45, 7) is 3.72. The van der Waals surface area contributed by atoms with E-state index < -0.39 is 20.7 Å². The minimum Gasteiger partial charge on any atom is -0.398 e. The van der Waals surface area contributed by atoms with Crippen LogP contribution in [-0.2, 0) is 10.0 Å². The summed E-state index contributed by atoms with van der Waals surface area (Å²) in [6, 6.07) is 3.54. The van der Waals surface area contributed by atoms with E-state index in [1.54, 1.807) is 18.7 Å². The molecular formula is C11H17FN2O2S2. The third kappa shape index (κ3) is 3.86. The summed E-state index contributed by atoms with van der Waals surface area (Å²) in [5.74, 6) is 0.690. The normalized spacial score (nSPS) is 13.5. The van der Waals surface area contributed by atoms with Crippen molar-refractivity contribution >= 4 is 27.5 Å². The van der Waals surface area contributed by atoms with Gasteiger partial charge < -0.3 is 5.73 Å². The van der Waals surface area contributed by atoms with Crippen LogP contribution in [0.1, 0.15) is 13.8 Å². The second-order valence-electron chi connectivity index (χ2n) is 3.84. The average molecular weight is 292 g/mol. The van der Waals surface area contributed by atoms with Gasteiger partial charge in [-0.25, -0.2) is 17.5 Å². The number of hydrogen-bond acceptors (Lipinski definition) is 4. The number of hydrogen-bond donors (Lipinski definition) is 2. The highest BCUT2D eigenvalue weighted by molar-refractivity contribution is 7.99. The summed E-state index contributed by atoms with van der Waals surface area (Å²) in [6.07, 6.45) is 0. The van der Waals surface area contributed by atoms with Crippen LogP contribution in [0.15, 0.2) is 23.1 Å². The fraction of sp³-hybridized carbons (Fsp3) is 0.455. The van der Waals surface area contributed by atoms with E-state index in [4.69, 9.17) is 5.73 Å². The SMILES string of the molecule is CCSCC(C)NS(=O)(=O)c1c(N)cccc1F. The second kappa shape index (κ2) is 6.40. The highest BCUT2D eigenvalue weighted by Gasteiger charge is 2.23. The molecule has 0 fully saturated rings. The second-order valence-corrected chi connectivity index (χ2v) is 6.81. The molecule has 0 aliphatic carbocycles. The molecule has 0 heterocycles. The lowest BCUT2D eigenvalue weighted by Crippen LogP contribution is -2.35. The van der Waals surface area contributed by atoms with Crippen molar-refractivity contribution in [2.75, 3.05) is 17.2 Å². The molecule has 1 aromatic rings. The molecule has 1 atom stereocenters. The molecule has 0 amide bonds. The van der Waals surface area contributed by atoms with Gasteiger partial charge in [-0.15, -0.1) is 0 Å². The van der Waals surface area contributed by atoms with Crippen molar-refractivity contribution in [1.82, 2.24) is 4.72 Å². The number of anilines is 1. The quantitative estimate of drug-likeness (QED) is 0.785. The highest BCUT2D eigenvalue weighted by atomic mass is 32.2. The molecule has 1 aromatic carbocycles. The Bertz CT molecular complexity index is 486. The van der Waals surface area contributed by atoms with Gasteiger partial charge in [0, 0.05) is 11.8 Å². The Morgan fingerprint density at radius 1 is 1.50 bits per heavy atom. The number of thioether (sulfide) groups is 1. The lowest BCUT2D eigenvalue weighted by atomic mass is 10.3. The standard InChI is InChI=1S/C11H17FN2O2S2/c1-3-17-7-8(2)14-18(15,16)11-9(12)5-4-6-10(11)13/h4-6,8,14H,3,7,13H2,1-2H3. The molecule has 4 nitrogen and oxygen atoms in total. The Kier molecular flexibility index (Phi) is 5.43. The number of halogens is 1. The minimum absolute atomic E-state index is 0.0853. The molecule has 0 aliphatic rings. The van der Waals surface area contributed by atoms with Crippen LogP contribution in [0, 0.1) is 5.82 Å². The predicted molar refractivity (Wildman–Crippen MR) is 73.6 cm³/mol. The van der Waals surface area contributed by atoms with Crippen LogP contribution in [0.25, 0.3) is 0 Å². The van der Waals surface area contributed by atoms with Crippen LogP contribution < -0.4 is 10.5 Å². The molecule has 102 valence electrons. The Hall–Kier alpha value is -0.790. The van der Waals surface area contributed by atoms with E-state index in [1.807, 2.05) is 6.92 Å². The van der Waals surface area contributed by atoms with Crippen LogP contribution in [0.4, 0.5) is 10.1 Å². The first-order chi connectivity index (χ1) is 8.38. The number of nitrogens with one attached hydrogen (secondary N) is 1. The zero-order valence-electron chi connectivity index (χ0n) is 10.3. The van der Waals surface area contributed by atoms with Crippen LogP contribution in [0.5, 0.6) is 0 Å². The molecule has 7 heteroatoms. The van der Waals surface area contributed by atoms with Crippen molar-refractivity contribution in [2.45, 2.75) is 24.8 Å². The van der Waals surface area contributed by atoms with E-state index in [0.717, 1.165) is 11.8 Å². The van der Waals surface area contributed by atoms with E-state index in [9.17, 15) is 12.8 Å². The molecule has 18 heavy (non-hydrogen) atoms. The van der Waals surface area contributed by atoms with E-state index >= 15 is 0 Å². The Balaban J connectivity index is 2.93. The van der Waals surface area contributed by atoms with Crippen LogP contribution in [-0.4, -0.2) is 26.0 Å². The van der Waals surface area contributed by atoms with Crippen LogP contribution in [0.3, 0.4) is 0 Å². The van der Waals surface area contributed by atoms with Gasteiger partial charge in [0.15, 0.2) is 0 Å². The minimum atomic E-state index is -3.91. The lowest BCUT2D eigenvalue weighted by molar-refractivity contribution is 0.551. The molecule has 1 unspecified atom stereocenters. The predicted octanol–water partition coefficient (Wildman–Crippen LogP) is 1.83. The molecular weight excluding hydrogens is 275 g/mol. The maximum Gasteiger partial charge on any atom is 0.245 e. The van der Waals surface area contributed by atoms with Gasteiger partial charge in [-0.2, -0.15) is 11.8 Å². The number of sulfonamides is 1. The summed E-state index contributed by atoms with van der Waals surface area (Å²) in [5, 5.41) is 0. The number of rotatable bonds is 6. The zero-order valence-corrected chi connectivity index (χ0v) is 11.9. The van der Waals surface area contributed by atoms with E-state index in [-0.39, 0.29) is 11.7 Å². The Morgan fingerprint density at radius 3 is 2.72 bits per heavy atom. The monoisotopic (exact) mass is 292 g/mol. The molecule has 3 N–H and O–H groups in total. The molecule has 0 aliphatic heterocycles. The van der Waals surface area contributed by atoms with Crippen molar-refractivity contribution in [3.8, 4) is 0 Å². The maximum atomic E-state index is 13.5. The fourth-order valence-corrected chi connectivity index (χ4v) is 3.67. The third-order valence-electron chi connectivity index (χ3n) is 2.19. The average Bonchev–Trinajstić information content (AvgIpc) is 2.25. The lowest BCUT2D eigenvalue weighted by Gasteiger charge is -2.15. The first-order valence-corrected chi connectivity index (χ1v) is 8.16. The number of nitrogen functional groups attached to an aromatic ring is 1. The summed E-state index contributed by atoms with van der Waals surface area (Å²) in [7, 11) is -3.91. The molecule has 0 spiro atoms. The first-order valence-electron chi connectivity index (χ1n) is 5.52. The smallest absolute Gasteiger partial charge is 0.245 e. The van der Waals surface area contributed by atoms with Crippen molar-refractivity contribution in [2.24, 2.45) is 0 Å². The fourth-order valence-electron chi connectivity index (χ4n) is 1.46. The number of benzene rings is 1. The van der Waals surface area contributed by atoms with E-state index in [0.29, 0.717) is 5.75 Å². The van der Waals surface area contributed by atoms with Gasteiger partial charge in [0.25, 0.3) is 0 Å². The van der Waals surface area contributed by atoms with Crippen molar-refractivity contribution in [1.29, 1.82) is 0 Å². The molecule has 0 aromatic heterocycles. The maximum absolute atomic E-state index is 13.5. The van der Waals surface area contributed by atoms with Crippen molar-refractivity contribution in [3.63, 3.8) is 0 Å². The number of nitrogens with two attached hydrogens (primary N) is 1. The van der Waals surface area contributed by atoms with Gasteiger partial charge in [0.1, 0.15) is 10.7 Å². The first kappa shape index (κ1) is 15.3.